The predicted octanol–water partition coefficient (Wildman–Crippen LogP) is 4.06. The van der Waals surface area contributed by atoms with Crippen molar-refractivity contribution in [3.63, 3.8) is 0 Å². The number of rotatable bonds is 5. The standard InChI is InChI=1S/C19H20ClN5OS/c1-19(7-8-27-17(25-19)10-15(21)22)13-4-2-3-12(9-13)18(26)24-16-6-5-14(20)11-23-16/h2-6,9,11H,7-8,10H2,1H3,(H3,21,22)(H,23,24,26). The van der Waals surface area contributed by atoms with Gasteiger partial charge in [-0.15, -0.1) is 11.8 Å². The highest BCUT2D eigenvalue weighted by molar-refractivity contribution is 8.14. The van der Waals surface area contributed by atoms with Crippen LogP contribution in [0.15, 0.2) is 47.6 Å². The number of carbonyl (C=O) groups is 1. The van der Waals surface area contributed by atoms with Crippen molar-refractivity contribution in [1.82, 2.24) is 4.98 Å². The van der Waals surface area contributed by atoms with Gasteiger partial charge in [-0.1, -0.05) is 23.7 Å². The van der Waals surface area contributed by atoms with E-state index in [-0.39, 0.29) is 11.7 Å². The molecule has 1 atom stereocenters. The molecule has 0 fully saturated rings. The molecule has 8 heteroatoms. The monoisotopic (exact) mass is 401 g/mol. The van der Waals surface area contributed by atoms with E-state index in [9.17, 15) is 4.79 Å². The number of pyridine rings is 1. The summed E-state index contributed by atoms with van der Waals surface area (Å²) in [4.78, 5) is 21.5. The van der Waals surface area contributed by atoms with Crippen molar-refractivity contribution >= 4 is 46.0 Å². The third-order valence-electron chi connectivity index (χ3n) is 4.29. The number of amidine groups is 1. The number of nitrogens with zero attached hydrogens (tertiary/aromatic N) is 2. The zero-order valence-electron chi connectivity index (χ0n) is 14.8. The second-order valence-corrected chi connectivity index (χ2v) is 8.08. The molecule has 27 heavy (non-hydrogen) atoms. The molecule has 1 aromatic heterocycles. The van der Waals surface area contributed by atoms with Crippen LogP contribution in [0, 0.1) is 5.41 Å². The SMILES string of the molecule is CC1(c2cccc(C(=O)Nc3ccc(Cl)cn3)c2)CCSC(CC(=N)N)=N1. The molecule has 0 bridgehead atoms. The number of anilines is 1. The van der Waals surface area contributed by atoms with Crippen LogP contribution in [0.1, 0.15) is 35.7 Å². The minimum atomic E-state index is -0.440. The minimum Gasteiger partial charge on any atom is -0.387 e. The van der Waals surface area contributed by atoms with Gasteiger partial charge in [0.2, 0.25) is 0 Å². The highest BCUT2D eigenvalue weighted by Gasteiger charge is 2.30. The van der Waals surface area contributed by atoms with E-state index in [1.54, 1.807) is 30.0 Å². The Bertz CT molecular complexity index is 899. The van der Waals surface area contributed by atoms with Gasteiger partial charge in [-0.3, -0.25) is 15.2 Å². The quantitative estimate of drug-likeness (QED) is 0.518. The molecular formula is C19H20ClN5OS. The van der Waals surface area contributed by atoms with Crippen LogP contribution in [0.2, 0.25) is 5.02 Å². The van der Waals surface area contributed by atoms with Gasteiger partial charge in [0.05, 0.1) is 27.9 Å². The first kappa shape index (κ1) is 19.4. The summed E-state index contributed by atoms with van der Waals surface area (Å²) in [7, 11) is 0. The first-order valence-electron chi connectivity index (χ1n) is 8.43. The first-order chi connectivity index (χ1) is 12.9. The van der Waals surface area contributed by atoms with Gasteiger partial charge < -0.3 is 11.1 Å². The van der Waals surface area contributed by atoms with Crippen LogP contribution >= 0.6 is 23.4 Å². The summed E-state index contributed by atoms with van der Waals surface area (Å²) in [5.74, 6) is 1.20. The molecule has 1 amide bonds. The second-order valence-electron chi connectivity index (χ2n) is 6.48. The number of benzene rings is 1. The average molecular weight is 402 g/mol. The molecule has 0 saturated carbocycles. The largest absolute Gasteiger partial charge is 0.387 e. The molecule has 0 radical (unpaired) electrons. The van der Waals surface area contributed by atoms with Crippen LogP contribution in [0.4, 0.5) is 5.82 Å². The normalized spacial score (nSPS) is 19.3. The van der Waals surface area contributed by atoms with Crippen molar-refractivity contribution in [2.45, 2.75) is 25.3 Å². The van der Waals surface area contributed by atoms with E-state index in [0.717, 1.165) is 22.8 Å². The number of carbonyl (C=O) groups excluding carboxylic acids is 1. The lowest BCUT2D eigenvalue weighted by atomic mass is 9.88. The van der Waals surface area contributed by atoms with Crippen LogP contribution in [-0.4, -0.2) is 27.5 Å². The highest BCUT2D eigenvalue weighted by atomic mass is 35.5. The molecule has 4 N–H and O–H groups in total. The maximum atomic E-state index is 12.6. The molecule has 0 spiro atoms. The molecular weight excluding hydrogens is 382 g/mol. The Morgan fingerprint density at radius 1 is 1.41 bits per heavy atom. The lowest BCUT2D eigenvalue weighted by Crippen LogP contribution is -2.28. The van der Waals surface area contributed by atoms with Crippen LogP contribution in [-0.2, 0) is 5.54 Å². The van der Waals surface area contributed by atoms with Crippen molar-refractivity contribution in [2.75, 3.05) is 11.1 Å². The van der Waals surface area contributed by atoms with Gasteiger partial charge in [0.25, 0.3) is 5.91 Å². The topological polar surface area (TPSA) is 104 Å². The molecule has 0 saturated heterocycles. The Balaban J connectivity index is 1.83. The molecule has 3 rings (SSSR count). The van der Waals surface area contributed by atoms with E-state index in [4.69, 9.17) is 27.7 Å². The summed E-state index contributed by atoms with van der Waals surface area (Å²) in [6.07, 6.45) is 2.70. The molecule has 6 nitrogen and oxygen atoms in total. The maximum Gasteiger partial charge on any atom is 0.256 e. The number of nitrogens with one attached hydrogen (secondary N) is 2. The Hall–Kier alpha value is -2.38. The van der Waals surface area contributed by atoms with Crippen LogP contribution < -0.4 is 11.1 Å². The van der Waals surface area contributed by atoms with Gasteiger partial charge in [-0.2, -0.15) is 0 Å². The minimum absolute atomic E-state index is 0.106. The van der Waals surface area contributed by atoms with Gasteiger partial charge in [0.15, 0.2) is 0 Å². The van der Waals surface area contributed by atoms with Gasteiger partial charge in [0.1, 0.15) is 5.82 Å². The molecule has 0 aliphatic carbocycles. The van der Waals surface area contributed by atoms with E-state index in [1.807, 2.05) is 25.1 Å². The number of halogens is 1. The molecule has 1 unspecified atom stereocenters. The fraction of sp³-hybridized carbons (Fsp3) is 0.263. The lowest BCUT2D eigenvalue weighted by Gasteiger charge is -2.31. The van der Waals surface area contributed by atoms with Crippen molar-refractivity contribution in [3.8, 4) is 0 Å². The van der Waals surface area contributed by atoms with Crippen molar-refractivity contribution in [1.29, 1.82) is 5.41 Å². The van der Waals surface area contributed by atoms with E-state index >= 15 is 0 Å². The molecule has 1 aliphatic rings. The second kappa shape index (κ2) is 8.10. The van der Waals surface area contributed by atoms with Crippen LogP contribution in [0.5, 0.6) is 0 Å². The van der Waals surface area contributed by atoms with E-state index in [2.05, 4.69) is 10.3 Å². The average Bonchev–Trinajstić information content (AvgIpc) is 2.63. The van der Waals surface area contributed by atoms with Crippen molar-refractivity contribution < 1.29 is 4.79 Å². The smallest absolute Gasteiger partial charge is 0.256 e. The number of nitrogens with two attached hydrogens (primary N) is 1. The summed E-state index contributed by atoms with van der Waals surface area (Å²) in [6, 6.07) is 10.8. The van der Waals surface area contributed by atoms with Crippen molar-refractivity contribution in [2.24, 2.45) is 10.7 Å². The summed E-state index contributed by atoms with van der Waals surface area (Å²) in [5.41, 5.74) is 6.57. The number of hydrogen-bond acceptors (Lipinski definition) is 5. The predicted molar refractivity (Wildman–Crippen MR) is 112 cm³/mol. The van der Waals surface area contributed by atoms with Gasteiger partial charge in [-0.05, 0) is 43.2 Å². The highest BCUT2D eigenvalue weighted by Crippen LogP contribution is 2.36. The first-order valence-corrected chi connectivity index (χ1v) is 9.80. The van der Waals surface area contributed by atoms with Crippen LogP contribution in [0.3, 0.4) is 0 Å². The van der Waals surface area contributed by atoms with E-state index in [0.29, 0.717) is 22.8 Å². The van der Waals surface area contributed by atoms with Gasteiger partial charge in [-0.25, -0.2) is 4.98 Å². The van der Waals surface area contributed by atoms with Crippen LogP contribution in [0.25, 0.3) is 0 Å². The fourth-order valence-corrected chi connectivity index (χ4v) is 4.20. The Morgan fingerprint density at radius 2 is 2.22 bits per heavy atom. The number of aromatic nitrogens is 1. The Labute approximate surface area is 167 Å². The summed E-state index contributed by atoms with van der Waals surface area (Å²) in [5, 5.41) is 11.6. The zero-order chi connectivity index (χ0) is 19.4. The molecule has 1 aliphatic heterocycles. The van der Waals surface area contributed by atoms with Gasteiger partial charge in [0, 0.05) is 17.5 Å². The summed E-state index contributed by atoms with van der Waals surface area (Å²) < 4.78 is 0. The molecule has 2 heterocycles. The third-order valence-corrected chi connectivity index (χ3v) is 5.49. The number of hydrogen-bond donors (Lipinski definition) is 3. The maximum absolute atomic E-state index is 12.6. The summed E-state index contributed by atoms with van der Waals surface area (Å²) >= 11 is 7.45. The lowest BCUT2D eigenvalue weighted by molar-refractivity contribution is 0.102. The molecule has 1 aromatic carbocycles. The number of aliphatic imine (C=N–C) groups is 1. The zero-order valence-corrected chi connectivity index (χ0v) is 16.4. The summed E-state index contributed by atoms with van der Waals surface area (Å²) in [6.45, 7) is 2.05. The number of thioether (sulfide) groups is 1. The molecule has 140 valence electrons. The Morgan fingerprint density at radius 3 is 2.93 bits per heavy atom. The third kappa shape index (κ3) is 4.87. The van der Waals surface area contributed by atoms with Gasteiger partial charge >= 0.3 is 0 Å². The number of amides is 1. The van der Waals surface area contributed by atoms with Crippen molar-refractivity contribution in [3.05, 3.63) is 58.7 Å². The molecule has 2 aromatic rings. The van der Waals surface area contributed by atoms with E-state index < -0.39 is 5.54 Å². The fourth-order valence-electron chi connectivity index (χ4n) is 2.83. The Kier molecular flexibility index (Phi) is 5.82. The van der Waals surface area contributed by atoms with E-state index in [1.165, 1.54) is 6.20 Å².